The Morgan fingerprint density at radius 3 is 2.77 bits per heavy atom. The molecule has 0 unspecified atom stereocenters. The first-order valence-corrected chi connectivity index (χ1v) is 6.13. The molecule has 0 spiro atoms. The summed E-state index contributed by atoms with van der Waals surface area (Å²) < 4.78 is 1.63. The molecule has 0 aliphatic heterocycles. The SMILES string of the molecule is ClC(Cl)Sc1nc2ccccc2s1. The highest BCUT2D eigenvalue weighted by Crippen LogP contribution is 2.34. The van der Waals surface area contributed by atoms with Crippen LogP contribution in [-0.4, -0.2) is 9.15 Å². The number of benzene rings is 1. The fraction of sp³-hybridized carbons (Fsp3) is 0.125. The molecular formula is C8H5Cl2NS2. The van der Waals surface area contributed by atoms with E-state index in [0.717, 1.165) is 9.86 Å². The molecule has 0 saturated carbocycles. The summed E-state index contributed by atoms with van der Waals surface area (Å²) in [6.07, 6.45) is 0. The van der Waals surface area contributed by atoms with Gasteiger partial charge in [0, 0.05) is 0 Å². The summed E-state index contributed by atoms with van der Waals surface area (Å²) in [4.78, 5) is 4.37. The number of halogens is 2. The molecule has 1 nitrogen and oxygen atoms in total. The van der Waals surface area contributed by atoms with Crippen LogP contribution in [0.3, 0.4) is 0 Å². The number of alkyl halides is 2. The van der Waals surface area contributed by atoms with Gasteiger partial charge in [0.2, 0.25) is 0 Å². The Balaban J connectivity index is 2.38. The largest absolute Gasteiger partial charge is 0.230 e. The lowest BCUT2D eigenvalue weighted by Crippen LogP contribution is -1.75. The van der Waals surface area contributed by atoms with Crippen molar-refractivity contribution in [1.82, 2.24) is 4.98 Å². The number of thioether (sulfide) groups is 1. The summed E-state index contributed by atoms with van der Waals surface area (Å²) in [6.45, 7) is 0. The van der Waals surface area contributed by atoms with Gasteiger partial charge in [-0.1, -0.05) is 47.1 Å². The minimum Gasteiger partial charge on any atom is -0.230 e. The van der Waals surface area contributed by atoms with E-state index in [2.05, 4.69) is 4.98 Å². The first-order valence-electron chi connectivity index (χ1n) is 3.56. The molecule has 0 fully saturated rings. The fourth-order valence-corrected chi connectivity index (χ4v) is 3.55. The third kappa shape index (κ3) is 2.29. The highest BCUT2D eigenvalue weighted by molar-refractivity contribution is 8.04. The number of hydrogen-bond donors (Lipinski definition) is 0. The molecule has 1 aromatic heterocycles. The number of thiazole rings is 1. The van der Waals surface area contributed by atoms with E-state index in [1.54, 1.807) is 11.3 Å². The van der Waals surface area contributed by atoms with Crippen molar-refractivity contribution in [3.05, 3.63) is 24.3 Å². The van der Waals surface area contributed by atoms with E-state index in [1.807, 2.05) is 24.3 Å². The van der Waals surface area contributed by atoms with Crippen molar-refractivity contribution >= 4 is 56.5 Å². The standard InChI is InChI=1S/C8H5Cl2NS2/c9-7(10)13-8-11-5-3-1-2-4-6(5)12-8/h1-4,7H. The van der Waals surface area contributed by atoms with Crippen LogP contribution in [0.5, 0.6) is 0 Å². The maximum atomic E-state index is 5.63. The zero-order chi connectivity index (χ0) is 9.26. The molecule has 2 rings (SSSR count). The fourth-order valence-electron chi connectivity index (χ4n) is 0.978. The van der Waals surface area contributed by atoms with Gasteiger partial charge < -0.3 is 0 Å². The summed E-state index contributed by atoms with van der Waals surface area (Å²) in [5.74, 6) is 0. The molecule has 0 atom stereocenters. The number of rotatable bonds is 2. The molecule has 68 valence electrons. The number of aromatic nitrogens is 1. The van der Waals surface area contributed by atoms with E-state index in [4.69, 9.17) is 23.2 Å². The van der Waals surface area contributed by atoms with Gasteiger partial charge in [0.15, 0.2) is 8.51 Å². The average Bonchev–Trinajstić information content (AvgIpc) is 2.44. The molecule has 0 aliphatic rings. The lowest BCUT2D eigenvalue weighted by molar-refractivity contribution is 1.31. The van der Waals surface area contributed by atoms with Gasteiger partial charge in [-0.15, -0.1) is 11.3 Å². The van der Waals surface area contributed by atoms with Gasteiger partial charge in [0.05, 0.1) is 10.2 Å². The Labute approximate surface area is 94.1 Å². The Morgan fingerprint density at radius 1 is 1.31 bits per heavy atom. The zero-order valence-corrected chi connectivity index (χ0v) is 9.55. The van der Waals surface area contributed by atoms with Crippen molar-refractivity contribution in [1.29, 1.82) is 0 Å². The molecule has 2 aromatic rings. The third-order valence-corrected chi connectivity index (χ3v) is 3.84. The van der Waals surface area contributed by atoms with Gasteiger partial charge in [0.1, 0.15) is 0 Å². The molecule has 0 amide bonds. The molecule has 5 heteroatoms. The Hall–Kier alpha value is 0.0400. The summed E-state index contributed by atoms with van der Waals surface area (Å²) in [7, 11) is 0. The Bertz CT molecular complexity index is 380. The van der Waals surface area contributed by atoms with Gasteiger partial charge in [-0.05, 0) is 12.1 Å². The van der Waals surface area contributed by atoms with Crippen LogP contribution in [-0.2, 0) is 0 Å². The number of fused-ring (bicyclic) bond motifs is 1. The molecule has 0 bridgehead atoms. The monoisotopic (exact) mass is 249 g/mol. The summed E-state index contributed by atoms with van der Waals surface area (Å²) in [5, 5.41) is 0. The summed E-state index contributed by atoms with van der Waals surface area (Å²) in [5.41, 5.74) is 1.00. The first kappa shape index (κ1) is 9.59. The van der Waals surface area contributed by atoms with Crippen LogP contribution in [0.4, 0.5) is 0 Å². The van der Waals surface area contributed by atoms with Gasteiger partial charge in [0.25, 0.3) is 0 Å². The van der Waals surface area contributed by atoms with E-state index < -0.39 is 4.17 Å². The topological polar surface area (TPSA) is 12.9 Å². The first-order chi connectivity index (χ1) is 6.25. The second-order valence-electron chi connectivity index (χ2n) is 2.33. The molecule has 0 aliphatic carbocycles. The van der Waals surface area contributed by atoms with Crippen molar-refractivity contribution < 1.29 is 0 Å². The maximum absolute atomic E-state index is 5.63. The minimum atomic E-state index is -0.444. The van der Waals surface area contributed by atoms with Gasteiger partial charge in [-0.2, -0.15) is 0 Å². The molecule has 0 radical (unpaired) electrons. The van der Waals surface area contributed by atoms with Crippen LogP contribution in [0.2, 0.25) is 0 Å². The second-order valence-corrected chi connectivity index (χ2v) is 6.32. The van der Waals surface area contributed by atoms with E-state index >= 15 is 0 Å². The van der Waals surface area contributed by atoms with Crippen molar-refractivity contribution in [2.45, 2.75) is 8.51 Å². The molecule has 0 N–H and O–H groups in total. The third-order valence-electron chi connectivity index (χ3n) is 1.46. The molecule has 1 aromatic carbocycles. The smallest absolute Gasteiger partial charge is 0.159 e. The van der Waals surface area contributed by atoms with Crippen LogP contribution in [0, 0.1) is 0 Å². The van der Waals surface area contributed by atoms with E-state index in [-0.39, 0.29) is 0 Å². The summed E-state index contributed by atoms with van der Waals surface area (Å²) in [6, 6.07) is 7.98. The van der Waals surface area contributed by atoms with Crippen LogP contribution in [0.15, 0.2) is 28.6 Å². The predicted molar refractivity (Wildman–Crippen MR) is 61.0 cm³/mol. The zero-order valence-electron chi connectivity index (χ0n) is 6.41. The highest BCUT2D eigenvalue weighted by atomic mass is 35.5. The van der Waals surface area contributed by atoms with Gasteiger partial charge >= 0.3 is 0 Å². The average molecular weight is 250 g/mol. The van der Waals surface area contributed by atoms with Gasteiger partial charge in [-0.25, -0.2) is 4.98 Å². The van der Waals surface area contributed by atoms with Crippen molar-refractivity contribution in [3.8, 4) is 0 Å². The molecule has 13 heavy (non-hydrogen) atoms. The summed E-state index contributed by atoms with van der Waals surface area (Å²) >= 11 is 14.2. The van der Waals surface area contributed by atoms with Crippen LogP contribution in [0.1, 0.15) is 0 Å². The van der Waals surface area contributed by atoms with Gasteiger partial charge in [-0.3, -0.25) is 0 Å². The van der Waals surface area contributed by atoms with Crippen LogP contribution >= 0.6 is 46.3 Å². The maximum Gasteiger partial charge on any atom is 0.159 e. The normalized spacial score (nSPS) is 11.3. The van der Waals surface area contributed by atoms with Crippen molar-refractivity contribution in [2.24, 2.45) is 0 Å². The Morgan fingerprint density at radius 2 is 2.08 bits per heavy atom. The predicted octanol–water partition coefficient (Wildman–Crippen LogP) is 4.15. The quantitative estimate of drug-likeness (QED) is 0.586. The van der Waals surface area contributed by atoms with Crippen molar-refractivity contribution in [2.75, 3.05) is 0 Å². The Kier molecular flexibility index (Phi) is 2.99. The van der Waals surface area contributed by atoms with E-state index in [0.29, 0.717) is 0 Å². The lowest BCUT2D eigenvalue weighted by Gasteiger charge is -1.92. The molecular weight excluding hydrogens is 245 g/mol. The van der Waals surface area contributed by atoms with Crippen LogP contribution in [0.25, 0.3) is 10.2 Å². The molecule has 1 heterocycles. The number of para-hydroxylation sites is 1. The molecule has 0 saturated heterocycles. The highest BCUT2D eigenvalue weighted by Gasteiger charge is 2.07. The number of hydrogen-bond acceptors (Lipinski definition) is 3. The number of nitrogens with zero attached hydrogens (tertiary/aromatic N) is 1. The second kappa shape index (κ2) is 4.05. The van der Waals surface area contributed by atoms with Crippen LogP contribution < -0.4 is 0 Å². The van der Waals surface area contributed by atoms with Crippen molar-refractivity contribution in [3.63, 3.8) is 0 Å². The van der Waals surface area contributed by atoms with E-state index in [1.165, 1.54) is 16.5 Å². The van der Waals surface area contributed by atoms with E-state index in [9.17, 15) is 0 Å². The minimum absolute atomic E-state index is 0.444. The lowest BCUT2D eigenvalue weighted by atomic mass is 10.3.